The van der Waals surface area contributed by atoms with Crippen molar-refractivity contribution in [3.63, 3.8) is 0 Å². The molecular weight excluding hydrogens is 214 g/mol. The number of hydrogen-bond donors (Lipinski definition) is 1. The van der Waals surface area contributed by atoms with Crippen LogP contribution < -0.4 is 0 Å². The van der Waals surface area contributed by atoms with E-state index in [4.69, 9.17) is 0 Å². The molecule has 0 radical (unpaired) electrons. The molecule has 0 aliphatic carbocycles. The van der Waals surface area contributed by atoms with Crippen LogP contribution >= 0.6 is 0 Å². The normalized spacial score (nSPS) is 13.9. The second kappa shape index (κ2) is 9.83. The lowest BCUT2D eigenvalue weighted by Crippen LogP contribution is -2.35. The van der Waals surface area contributed by atoms with E-state index in [1.807, 2.05) is 6.92 Å². The molecule has 0 unspecified atom stereocenters. The number of aliphatic hydroxyl groups is 1. The van der Waals surface area contributed by atoms with Crippen LogP contribution in [-0.4, -0.2) is 86.8 Å². The molecule has 0 amide bonds. The number of nitrogens with zero attached hydrogens (tertiary/aromatic N) is 3. The van der Waals surface area contributed by atoms with Gasteiger partial charge in [0, 0.05) is 6.54 Å². The second-order valence-corrected chi connectivity index (χ2v) is 5.46. The molecule has 4 nitrogen and oxygen atoms in total. The van der Waals surface area contributed by atoms with Gasteiger partial charge in [-0.3, -0.25) is 0 Å². The van der Waals surface area contributed by atoms with Crippen molar-refractivity contribution in [3.05, 3.63) is 0 Å². The summed E-state index contributed by atoms with van der Waals surface area (Å²) in [7, 11) is 8.41. The summed E-state index contributed by atoms with van der Waals surface area (Å²) in [6.45, 7) is 7.05. The highest BCUT2D eigenvalue weighted by molar-refractivity contribution is 4.63. The van der Waals surface area contributed by atoms with Crippen molar-refractivity contribution in [1.82, 2.24) is 14.7 Å². The fourth-order valence-electron chi connectivity index (χ4n) is 1.89. The molecular formula is C13H31N3O. The molecule has 0 aromatic rings. The molecule has 0 fully saturated rings. The van der Waals surface area contributed by atoms with Crippen molar-refractivity contribution in [1.29, 1.82) is 0 Å². The summed E-state index contributed by atoms with van der Waals surface area (Å²) < 4.78 is 0. The molecule has 0 aromatic heterocycles. The van der Waals surface area contributed by atoms with Gasteiger partial charge in [0.05, 0.1) is 6.10 Å². The second-order valence-electron chi connectivity index (χ2n) is 5.46. The number of aliphatic hydroxyl groups excluding tert-OH is 1. The fourth-order valence-corrected chi connectivity index (χ4v) is 1.89. The molecule has 0 heterocycles. The Labute approximate surface area is 107 Å². The van der Waals surface area contributed by atoms with Gasteiger partial charge in [0.1, 0.15) is 0 Å². The molecule has 1 atom stereocenters. The average Bonchev–Trinajstić information content (AvgIpc) is 2.15. The highest BCUT2D eigenvalue weighted by atomic mass is 16.3. The van der Waals surface area contributed by atoms with Crippen molar-refractivity contribution in [2.45, 2.75) is 25.9 Å². The Balaban J connectivity index is 3.79. The molecule has 1 N–H and O–H groups in total. The van der Waals surface area contributed by atoms with Crippen LogP contribution in [0, 0.1) is 0 Å². The number of hydrogen-bond acceptors (Lipinski definition) is 4. The van der Waals surface area contributed by atoms with E-state index >= 15 is 0 Å². The van der Waals surface area contributed by atoms with Gasteiger partial charge >= 0.3 is 0 Å². The van der Waals surface area contributed by atoms with Gasteiger partial charge in [0.25, 0.3) is 0 Å². The van der Waals surface area contributed by atoms with Crippen LogP contribution in [0.2, 0.25) is 0 Å². The molecule has 0 saturated heterocycles. The zero-order valence-corrected chi connectivity index (χ0v) is 12.3. The van der Waals surface area contributed by atoms with E-state index in [0.717, 1.165) is 32.7 Å². The predicted molar refractivity (Wildman–Crippen MR) is 74.5 cm³/mol. The Morgan fingerprint density at radius 1 is 0.824 bits per heavy atom. The van der Waals surface area contributed by atoms with E-state index in [2.05, 4.69) is 42.9 Å². The molecule has 0 aliphatic rings. The minimum absolute atomic E-state index is 0.228. The van der Waals surface area contributed by atoms with Gasteiger partial charge in [0.15, 0.2) is 0 Å². The Bertz CT molecular complexity index is 158. The van der Waals surface area contributed by atoms with E-state index < -0.39 is 0 Å². The van der Waals surface area contributed by atoms with Crippen molar-refractivity contribution < 1.29 is 5.11 Å². The first-order chi connectivity index (χ1) is 7.91. The van der Waals surface area contributed by atoms with Gasteiger partial charge < -0.3 is 19.8 Å². The summed E-state index contributed by atoms with van der Waals surface area (Å²) in [4.78, 5) is 6.79. The van der Waals surface area contributed by atoms with E-state index in [-0.39, 0.29) is 6.10 Å². The van der Waals surface area contributed by atoms with Crippen LogP contribution in [0.5, 0.6) is 0 Å². The lowest BCUT2D eigenvalue weighted by Gasteiger charge is -2.25. The summed E-state index contributed by atoms with van der Waals surface area (Å²) in [6.07, 6.45) is 2.11. The van der Waals surface area contributed by atoms with Crippen LogP contribution in [0.15, 0.2) is 0 Å². The van der Waals surface area contributed by atoms with E-state index in [1.54, 1.807) is 0 Å². The summed E-state index contributed by atoms with van der Waals surface area (Å²) in [6, 6.07) is 0. The minimum Gasteiger partial charge on any atom is -0.392 e. The van der Waals surface area contributed by atoms with Gasteiger partial charge in [-0.1, -0.05) is 0 Å². The minimum atomic E-state index is -0.228. The van der Waals surface area contributed by atoms with Crippen LogP contribution in [0.3, 0.4) is 0 Å². The average molecular weight is 245 g/mol. The maximum Gasteiger partial charge on any atom is 0.0639 e. The number of rotatable bonds is 10. The Hall–Kier alpha value is -0.160. The fraction of sp³-hybridized carbons (Fsp3) is 1.00. The van der Waals surface area contributed by atoms with E-state index in [0.29, 0.717) is 0 Å². The summed E-state index contributed by atoms with van der Waals surface area (Å²) >= 11 is 0. The monoisotopic (exact) mass is 245 g/mol. The molecule has 0 spiro atoms. The summed E-state index contributed by atoms with van der Waals surface area (Å²) in [5.74, 6) is 0. The smallest absolute Gasteiger partial charge is 0.0639 e. The van der Waals surface area contributed by atoms with Crippen molar-refractivity contribution >= 4 is 0 Å². The highest BCUT2D eigenvalue weighted by Gasteiger charge is 2.08. The van der Waals surface area contributed by atoms with Gasteiger partial charge in [-0.15, -0.1) is 0 Å². The Kier molecular flexibility index (Phi) is 9.74. The lowest BCUT2D eigenvalue weighted by molar-refractivity contribution is 0.121. The first-order valence-electron chi connectivity index (χ1n) is 6.61. The molecule has 104 valence electrons. The van der Waals surface area contributed by atoms with Gasteiger partial charge in [-0.2, -0.15) is 0 Å². The molecule has 0 saturated carbocycles. The molecule has 0 rings (SSSR count). The largest absolute Gasteiger partial charge is 0.392 e. The summed E-state index contributed by atoms with van der Waals surface area (Å²) in [5.41, 5.74) is 0. The van der Waals surface area contributed by atoms with Crippen LogP contribution in [0.4, 0.5) is 0 Å². The third-order valence-electron chi connectivity index (χ3n) is 2.68. The SMILES string of the molecule is C[C@@H](O)CN(CCCN(C)C)CCCN(C)C. The van der Waals surface area contributed by atoms with Crippen molar-refractivity contribution in [3.8, 4) is 0 Å². The van der Waals surface area contributed by atoms with Crippen LogP contribution in [-0.2, 0) is 0 Å². The Morgan fingerprint density at radius 3 is 1.53 bits per heavy atom. The zero-order chi connectivity index (χ0) is 13.3. The summed E-state index contributed by atoms with van der Waals surface area (Å²) in [5, 5.41) is 9.48. The molecule has 17 heavy (non-hydrogen) atoms. The quantitative estimate of drug-likeness (QED) is 0.609. The maximum atomic E-state index is 9.48. The van der Waals surface area contributed by atoms with Crippen molar-refractivity contribution in [2.75, 3.05) is 60.9 Å². The molecule has 0 aromatic carbocycles. The van der Waals surface area contributed by atoms with Crippen LogP contribution in [0.25, 0.3) is 0 Å². The lowest BCUT2D eigenvalue weighted by atomic mass is 10.2. The predicted octanol–water partition coefficient (Wildman–Crippen LogP) is 0.573. The van der Waals surface area contributed by atoms with Gasteiger partial charge in [-0.25, -0.2) is 0 Å². The first-order valence-corrected chi connectivity index (χ1v) is 6.61. The van der Waals surface area contributed by atoms with E-state index in [1.165, 1.54) is 12.8 Å². The van der Waals surface area contributed by atoms with E-state index in [9.17, 15) is 5.11 Å². The van der Waals surface area contributed by atoms with Crippen LogP contribution in [0.1, 0.15) is 19.8 Å². The third-order valence-corrected chi connectivity index (χ3v) is 2.68. The Morgan fingerprint density at radius 2 is 1.24 bits per heavy atom. The molecule has 0 aliphatic heterocycles. The highest BCUT2D eigenvalue weighted by Crippen LogP contribution is 1.98. The molecule has 0 bridgehead atoms. The zero-order valence-electron chi connectivity index (χ0n) is 12.3. The third kappa shape index (κ3) is 12.1. The molecule has 4 heteroatoms. The van der Waals surface area contributed by atoms with Gasteiger partial charge in [-0.05, 0) is 74.1 Å². The van der Waals surface area contributed by atoms with Crippen molar-refractivity contribution in [2.24, 2.45) is 0 Å². The van der Waals surface area contributed by atoms with Gasteiger partial charge in [0.2, 0.25) is 0 Å². The first kappa shape index (κ1) is 16.8. The topological polar surface area (TPSA) is 30.0 Å². The standard InChI is InChI=1S/C13H31N3O/c1-13(17)12-16(10-6-8-14(2)3)11-7-9-15(4)5/h13,17H,6-12H2,1-5H3/t13-/m1/s1. The maximum absolute atomic E-state index is 9.48.